The number of rotatable bonds is 7. The number of benzene rings is 1. The molecule has 5 nitrogen and oxygen atoms in total. The highest BCUT2D eigenvalue weighted by Crippen LogP contribution is 2.16. The molecule has 1 unspecified atom stereocenters. The predicted molar refractivity (Wildman–Crippen MR) is 83.8 cm³/mol. The number of nitrogens with one attached hydrogen (secondary N) is 1. The molecule has 0 amide bonds. The summed E-state index contributed by atoms with van der Waals surface area (Å²) in [5.41, 5.74) is 6.17. The van der Waals surface area contributed by atoms with Crippen molar-refractivity contribution in [3.8, 4) is 5.75 Å². The van der Waals surface area contributed by atoms with Crippen LogP contribution in [0.3, 0.4) is 0 Å². The highest BCUT2D eigenvalue weighted by atomic mass is 16.5. The average Bonchev–Trinajstić information content (AvgIpc) is 2.55. The van der Waals surface area contributed by atoms with Crippen LogP contribution >= 0.6 is 0 Å². The van der Waals surface area contributed by atoms with Crippen LogP contribution in [0.25, 0.3) is 0 Å². The topological polar surface area (TPSA) is 79.9 Å². The number of hydrogen-bond acceptors (Lipinski definition) is 4. The molecule has 1 atom stereocenters. The lowest BCUT2D eigenvalue weighted by Gasteiger charge is -2.18. The van der Waals surface area contributed by atoms with E-state index in [-0.39, 0.29) is 5.84 Å². The predicted octanol–water partition coefficient (Wildman–Crippen LogP) is 2.11. The van der Waals surface area contributed by atoms with Crippen molar-refractivity contribution in [2.45, 2.75) is 19.3 Å². The first-order chi connectivity index (χ1) is 10.3. The van der Waals surface area contributed by atoms with E-state index in [9.17, 15) is 0 Å². The van der Waals surface area contributed by atoms with Gasteiger partial charge >= 0.3 is 0 Å². The minimum atomic E-state index is 0.102. The molecule has 0 radical (unpaired) electrons. The molecule has 1 aromatic rings. The minimum absolute atomic E-state index is 0.102. The van der Waals surface area contributed by atoms with Gasteiger partial charge in [-0.15, -0.1) is 0 Å². The number of amidine groups is 1. The van der Waals surface area contributed by atoms with Crippen molar-refractivity contribution in [3.63, 3.8) is 0 Å². The van der Waals surface area contributed by atoms with Crippen LogP contribution in [0.4, 0.5) is 0 Å². The Bertz CT molecular complexity index is 483. The summed E-state index contributed by atoms with van der Waals surface area (Å²) in [7, 11) is 0. The molecular formula is C16H23N3O2. The van der Waals surface area contributed by atoms with Gasteiger partial charge in [0.1, 0.15) is 12.4 Å². The summed E-state index contributed by atoms with van der Waals surface area (Å²) in [5, 5.41) is 15.0. The maximum Gasteiger partial charge on any atom is 0.170 e. The third-order valence-electron chi connectivity index (χ3n) is 3.62. The van der Waals surface area contributed by atoms with Gasteiger partial charge in [0, 0.05) is 12.1 Å². The quantitative estimate of drug-likeness (QED) is 0.179. The van der Waals surface area contributed by atoms with Crippen LogP contribution in [0.15, 0.2) is 41.6 Å². The summed E-state index contributed by atoms with van der Waals surface area (Å²) in [6, 6.07) is 7.18. The fourth-order valence-corrected chi connectivity index (χ4v) is 2.37. The number of nitrogens with two attached hydrogens (primary N) is 1. The lowest BCUT2D eigenvalue weighted by atomic mass is 9.94. The first kappa shape index (κ1) is 15.4. The molecule has 1 aliphatic rings. The zero-order valence-corrected chi connectivity index (χ0v) is 12.2. The van der Waals surface area contributed by atoms with Crippen LogP contribution in [0, 0.1) is 5.92 Å². The van der Waals surface area contributed by atoms with E-state index in [4.69, 9.17) is 15.7 Å². The Morgan fingerprint density at radius 1 is 1.33 bits per heavy atom. The van der Waals surface area contributed by atoms with Gasteiger partial charge in [-0.05, 0) is 56.0 Å². The third-order valence-corrected chi connectivity index (χ3v) is 3.62. The molecule has 21 heavy (non-hydrogen) atoms. The molecule has 0 heterocycles. The smallest absolute Gasteiger partial charge is 0.170 e. The largest absolute Gasteiger partial charge is 0.492 e. The molecule has 2 rings (SSSR count). The van der Waals surface area contributed by atoms with Crippen molar-refractivity contribution < 1.29 is 9.94 Å². The van der Waals surface area contributed by atoms with Gasteiger partial charge in [0.25, 0.3) is 0 Å². The Morgan fingerprint density at radius 2 is 2.14 bits per heavy atom. The Labute approximate surface area is 125 Å². The first-order valence-electron chi connectivity index (χ1n) is 7.36. The minimum Gasteiger partial charge on any atom is -0.492 e. The molecule has 0 spiro atoms. The van der Waals surface area contributed by atoms with E-state index in [1.54, 1.807) is 12.1 Å². The van der Waals surface area contributed by atoms with Gasteiger partial charge in [-0.2, -0.15) is 0 Å². The normalized spacial score (nSPS) is 18.7. The summed E-state index contributed by atoms with van der Waals surface area (Å²) >= 11 is 0. The lowest BCUT2D eigenvalue weighted by molar-refractivity contribution is 0.306. The van der Waals surface area contributed by atoms with Gasteiger partial charge in [-0.25, -0.2) is 0 Å². The molecular weight excluding hydrogens is 266 g/mol. The second-order valence-electron chi connectivity index (χ2n) is 5.21. The van der Waals surface area contributed by atoms with Gasteiger partial charge in [-0.1, -0.05) is 17.3 Å². The van der Waals surface area contributed by atoms with Gasteiger partial charge in [-0.3, -0.25) is 0 Å². The second-order valence-corrected chi connectivity index (χ2v) is 5.21. The lowest BCUT2D eigenvalue weighted by Crippen LogP contribution is -2.27. The molecule has 0 saturated carbocycles. The van der Waals surface area contributed by atoms with Crippen molar-refractivity contribution in [3.05, 3.63) is 42.0 Å². The van der Waals surface area contributed by atoms with Crippen LogP contribution in [0.2, 0.25) is 0 Å². The number of nitrogens with zero attached hydrogens (tertiary/aromatic N) is 1. The number of oxime groups is 1. The third kappa shape index (κ3) is 5.11. The summed E-state index contributed by atoms with van der Waals surface area (Å²) in [4.78, 5) is 0. The van der Waals surface area contributed by atoms with Crippen LogP contribution in [-0.2, 0) is 0 Å². The fourth-order valence-electron chi connectivity index (χ4n) is 2.37. The molecule has 0 aliphatic heterocycles. The maximum absolute atomic E-state index is 8.58. The fraction of sp³-hybridized carbons (Fsp3) is 0.438. The van der Waals surface area contributed by atoms with E-state index in [0.29, 0.717) is 12.2 Å². The average molecular weight is 289 g/mol. The first-order valence-corrected chi connectivity index (χ1v) is 7.36. The molecule has 1 aliphatic carbocycles. The molecule has 1 aromatic carbocycles. The molecule has 0 bridgehead atoms. The highest BCUT2D eigenvalue weighted by Gasteiger charge is 2.08. The van der Waals surface area contributed by atoms with E-state index in [1.165, 1.54) is 19.3 Å². The van der Waals surface area contributed by atoms with Crippen LogP contribution in [0.5, 0.6) is 5.75 Å². The standard InChI is InChI=1S/C16H23N3O2/c17-16(19-20)14-6-8-15(9-7-14)21-11-10-18-12-13-4-2-1-3-5-13/h1-2,6-9,13,18,20H,3-5,10-12H2,(H2,17,19). The van der Waals surface area contributed by atoms with E-state index in [1.807, 2.05) is 12.1 Å². The summed E-state index contributed by atoms with van der Waals surface area (Å²) in [6.45, 7) is 2.52. The van der Waals surface area contributed by atoms with Crippen molar-refractivity contribution in [1.82, 2.24) is 5.32 Å². The molecule has 0 aromatic heterocycles. The van der Waals surface area contributed by atoms with Crippen LogP contribution in [0.1, 0.15) is 24.8 Å². The Morgan fingerprint density at radius 3 is 2.81 bits per heavy atom. The van der Waals surface area contributed by atoms with Gasteiger partial charge in [0.2, 0.25) is 0 Å². The summed E-state index contributed by atoms with van der Waals surface area (Å²) in [6.07, 6.45) is 8.20. The van der Waals surface area contributed by atoms with E-state index in [2.05, 4.69) is 22.6 Å². The molecule has 0 fully saturated rings. The molecule has 4 N–H and O–H groups in total. The van der Waals surface area contributed by atoms with Crippen LogP contribution < -0.4 is 15.8 Å². The van der Waals surface area contributed by atoms with Crippen molar-refractivity contribution in [1.29, 1.82) is 0 Å². The molecule has 114 valence electrons. The summed E-state index contributed by atoms with van der Waals surface area (Å²) < 4.78 is 5.64. The van der Waals surface area contributed by atoms with Crippen molar-refractivity contribution in [2.24, 2.45) is 16.8 Å². The van der Waals surface area contributed by atoms with E-state index >= 15 is 0 Å². The maximum atomic E-state index is 8.58. The number of allylic oxidation sites excluding steroid dienone is 2. The highest BCUT2D eigenvalue weighted by molar-refractivity contribution is 5.97. The van der Waals surface area contributed by atoms with Crippen molar-refractivity contribution >= 4 is 5.84 Å². The monoisotopic (exact) mass is 289 g/mol. The number of hydrogen-bond donors (Lipinski definition) is 3. The Hall–Kier alpha value is -2.01. The summed E-state index contributed by atoms with van der Waals surface area (Å²) in [5.74, 6) is 1.65. The van der Waals surface area contributed by atoms with E-state index < -0.39 is 0 Å². The van der Waals surface area contributed by atoms with Gasteiger partial charge in [0.05, 0.1) is 0 Å². The Kier molecular flexibility index (Phi) is 6.09. The van der Waals surface area contributed by atoms with Crippen molar-refractivity contribution in [2.75, 3.05) is 19.7 Å². The molecule has 5 heteroatoms. The zero-order valence-electron chi connectivity index (χ0n) is 12.2. The second kappa shape index (κ2) is 8.32. The SMILES string of the molecule is NC(=NO)c1ccc(OCCNCC2CC=CCC2)cc1. The molecule has 0 saturated heterocycles. The zero-order chi connectivity index (χ0) is 14.9. The van der Waals surface area contributed by atoms with E-state index in [0.717, 1.165) is 24.8 Å². The van der Waals surface area contributed by atoms with Gasteiger partial charge < -0.3 is 21.0 Å². The van der Waals surface area contributed by atoms with Gasteiger partial charge in [0.15, 0.2) is 5.84 Å². The number of ether oxygens (including phenoxy) is 1. The van der Waals surface area contributed by atoms with Crippen LogP contribution in [-0.4, -0.2) is 30.7 Å². The Balaban J connectivity index is 1.63.